The molecule has 1 aliphatic heterocycles. The van der Waals surface area contributed by atoms with Gasteiger partial charge in [-0.1, -0.05) is 60.7 Å². The highest BCUT2D eigenvalue weighted by molar-refractivity contribution is 5.98. The van der Waals surface area contributed by atoms with E-state index >= 15 is 0 Å². The minimum Gasteiger partial charge on any atom is -0.438 e. The van der Waals surface area contributed by atoms with Gasteiger partial charge in [0, 0.05) is 23.3 Å². The Morgan fingerprint density at radius 2 is 1.44 bits per heavy atom. The standard InChI is InChI=1S/C22H16N2O3/c25-24(26)19-13-11-18(12-14-19)22-23-20(16-7-3-1-4-8-16)15-21(27-22)17-9-5-2-6-10-17/h1-15,20H. The predicted molar refractivity (Wildman–Crippen MR) is 104 cm³/mol. The summed E-state index contributed by atoms with van der Waals surface area (Å²) < 4.78 is 6.05. The van der Waals surface area contributed by atoms with Crippen molar-refractivity contribution >= 4 is 17.3 Å². The lowest BCUT2D eigenvalue weighted by molar-refractivity contribution is -0.384. The van der Waals surface area contributed by atoms with Gasteiger partial charge in [-0.3, -0.25) is 10.1 Å². The Morgan fingerprint density at radius 3 is 2.07 bits per heavy atom. The highest BCUT2D eigenvalue weighted by Crippen LogP contribution is 2.31. The van der Waals surface area contributed by atoms with E-state index in [4.69, 9.17) is 9.73 Å². The summed E-state index contributed by atoms with van der Waals surface area (Å²) in [7, 11) is 0. The first-order valence-electron chi connectivity index (χ1n) is 8.53. The van der Waals surface area contributed by atoms with Crippen molar-refractivity contribution in [3.63, 3.8) is 0 Å². The Morgan fingerprint density at radius 1 is 0.815 bits per heavy atom. The van der Waals surface area contributed by atoms with Crippen molar-refractivity contribution in [3.8, 4) is 0 Å². The summed E-state index contributed by atoms with van der Waals surface area (Å²) in [6.45, 7) is 0. The first-order valence-corrected chi connectivity index (χ1v) is 8.53. The second kappa shape index (κ2) is 7.25. The van der Waals surface area contributed by atoms with Crippen molar-refractivity contribution in [1.82, 2.24) is 0 Å². The molecular formula is C22H16N2O3. The van der Waals surface area contributed by atoms with Gasteiger partial charge in [0.1, 0.15) is 11.8 Å². The molecule has 27 heavy (non-hydrogen) atoms. The number of benzene rings is 3. The van der Waals surface area contributed by atoms with Gasteiger partial charge in [-0.05, 0) is 23.8 Å². The molecule has 0 aliphatic carbocycles. The van der Waals surface area contributed by atoms with Crippen LogP contribution in [0.15, 0.2) is 96.0 Å². The number of hydrogen-bond donors (Lipinski definition) is 0. The summed E-state index contributed by atoms with van der Waals surface area (Å²) >= 11 is 0. The second-order valence-corrected chi connectivity index (χ2v) is 6.09. The van der Waals surface area contributed by atoms with E-state index in [1.165, 1.54) is 12.1 Å². The summed E-state index contributed by atoms with van der Waals surface area (Å²) in [4.78, 5) is 15.2. The van der Waals surface area contributed by atoms with Gasteiger partial charge < -0.3 is 4.74 Å². The molecule has 0 fully saturated rings. The molecule has 1 heterocycles. The molecule has 0 aromatic heterocycles. The Bertz CT molecular complexity index is 1010. The number of hydrogen-bond acceptors (Lipinski definition) is 4. The predicted octanol–water partition coefficient (Wildman–Crippen LogP) is 5.15. The van der Waals surface area contributed by atoms with Crippen LogP contribution in [0.5, 0.6) is 0 Å². The normalized spacial score (nSPS) is 16.1. The molecular weight excluding hydrogens is 340 g/mol. The monoisotopic (exact) mass is 356 g/mol. The lowest BCUT2D eigenvalue weighted by Gasteiger charge is -2.21. The first-order chi connectivity index (χ1) is 13.2. The average molecular weight is 356 g/mol. The molecule has 0 saturated heterocycles. The van der Waals surface area contributed by atoms with Crippen LogP contribution in [-0.4, -0.2) is 10.8 Å². The number of aliphatic imine (C=N–C) groups is 1. The third-order valence-corrected chi connectivity index (χ3v) is 4.30. The number of nitrogens with zero attached hydrogens (tertiary/aromatic N) is 2. The number of nitro benzene ring substituents is 1. The molecule has 1 atom stereocenters. The fraction of sp³-hybridized carbons (Fsp3) is 0.0455. The molecule has 3 aromatic carbocycles. The highest BCUT2D eigenvalue weighted by Gasteiger charge is 2.21. The van der Waals surface area contributed by atoms with E-state index < -0.39 is 4.92 Å². The van der Waals surface area contributed by atoms with Crippen molar-refractivity contribution in [3.05, 3.63) is 118 Å². The van der Waals surface area contributed by atoms with Crippen LogP contribution < -0.4 is 0 Å². The molecule has 3 aromatic rings. The van der Waals surface area contributed by atoms with Gasteiger partial charge in [0.15, 0.2) is 0 Å². The smallest absolute Gasteiger partial charge is 0.269 e. The largest absolute Gasteiger partial charge is 0.438 e. The van der Waals surface area contributed by atoms with Crippen LogP contribution in [0, 0.1) is 10.1 Å². The molecule has 1 aliphatic rings. The molecule has 4 rings (SSSR count). The Kier molecular flexibility index (Phi) is 4.49. The van der Waals surface area contributed by atoms with Crippen LogP contribution in [0.2, 0.25) is 0 Å². The molecule has 0 spiro atoms. The molecule has 0 N–H and O–H groups in total. The van der Waals surface area contributed by atoms with Crippen LogP contribution in [0.25, 0.3) is 5.76 Å². The maximum Gasteiger partial charge on any atom is 0.269 e. The maximum absolute atomic E-state index is 10.9. The van der Waals surface area contributed by atoms with Crippen LogP contribution in [0.3, 0.4) is 0 Å². The SMILES string of the molecule is O=[N+]([O-])c1ccc(C2=NC(c3ccccc3)C=C(c3ccccc3)O2)cc1. The van der Waals surface area contributed by atoms with Crippen molar-refractivity contribution in [2.24, 2.45) is 4.99 Å². The van der Waals surface area contributed by atoms with Crippen molar-refractivity contribution in [1.29, 1.82) is 0 Å². The molecule has 0 amide bonds. The zero-order chi connectivity index (χ0) is 18.6. The zero-order valence-electron chi connectivity index (χ0n) is 14.4. The molecule has 1 unspecified atom stereocenters. The number of non-ortho nitro benzene ring substituents is 1. The summed E-state index contributed by atoms with van der Waals surface area (Å²) in [6.07, 6.45) is 1.99. The van der Waals surface area contributed by atoms with E-state index in [2.05, 4.69) is 0 Å². The molecule has 0 saturated carbocycles. The molecule has 0 bridgehead atoms. The minimum absolute atomic E-state index is 0.0357. The van der Waals surface area contributed by atoms with Crippen molar-refractivity contribution < 1.29 is 9.66 Å². The van der Waals surface area contributed by atoms with Gasteiger partial charge >= 0.3 is 0 Å². The third-order valence-electron chi connectivity index (χ3n) is 4.30. The summed E-state index contributed by atoms with van der Waals surface area (Å²) in [6, 6.07) is 25.8. The van der Waals surface area contributed by atoms with E-state index in [1.54, 1.807) is 12.1 Å². The van der Waals surface area contributed by atoms with Gasteiger partial charge in [0.2, 0.25) is 5.90 Å². The summed E-state index contributed by atoms with van der Waals surface area (Å²) in [5.41, 5.74) is 2.73. The lowest BCUT2D eigenvalue weighted by Crippen LogP contribution is -2.14. The number of rotatable bonds is 4. The van der Waals surface area contributed by atoms with Gasteiger partial charge in [-0.25, -0.2) is 4.99 Å². The minimum atomic E-state index is -0.421. The number of ether oxygens (including phenoxy) is 1. The van der Waals surface area contributed by atoms with E-state index in [-0.39, 0.29) is 11.7 Å². The molecule has 132 valence electrons. The zero-order valence-corrected chi connectivity index (χ0v) is 14.4. The summed E-state index contributed by atoms with van der Waals surface area (Å²) in [5.74, 6) is 1.16. The second-order valence-electron chi connectivity index (χ2n) is 6.09. The molecule has 5 nitrogen and oxygen atoms in total. The molecule has 0 radical (unpaired) electrons. The van der Waals surface area contributed by atoms with Crippen molar-refractivity contribution in [2.75, 3.05) is 0 Å². The van der Waals surface area contributed by atoms with Crippen LogP contribution >= 0.6 is 0 Å². The van der Waals surface area contributed by atoms with Crippen LogP contribution in [0.4, 0.5) is 5.69 Å². The van der Waals surface area contributed by atoms with E-state index in [0.29, 0.717) is 17.2 Å². The van der Waals surface area contributed by atoms with E-state index in [9.17, 15) is 10.1 Å². The highest BCUT2D eigenvalue weighted by atomic mass is 16.6. The fourth-order valence-corrected chi connectivity index (χ4v) is 2.91. The fourth-order valence-electron chi connectivity index (χ4n) is 2.91. The van der Waals surface area contributed by atoms with E-state index in [0.717, 1.165) is 11.1 Å². The first kappa shape index (κ1) is 16.7. The quantitative estimate of drug-likeness (QED) is 0.479. The average Bonchev–Trinajstić information content (AvgIpc) is 2.75. The third kappa shape index (κ3) is 3.62. The summed E-state index contributed by atoms with van der Waals surface area (Å²) in [5, 5.41) is 10.9. The molecule has 5 heteroatoms. The van der Waals surface area contributed by atoms with Gasteiger partial charge in [-0.2, -0.15) is 0 Å². The maximum atomic E-state index is 10.9. The van der Waals surface area contributed by atoms with Crippen molar-refractivity contribution in [2.45, 2.75) is 6.04 Å². The topological polar surface area (TPSA) is 64.7 Å². The van der Waals surface area contributed by atoms with Crippen LogP contribution in [0.1, 0.15) is 22.7 Å². The number of nitro groups is 1. The Labute approximate surface area is 156 Å². The van der Waals surface area contributed by atoms with E-state index in [1.807, 2.05) is 66.7 Å². The van der Waals surface area contributed by atoms with Gasteiger partial charge in [0.05, 0.1) is 4.92 Å². The van der Waals surface area contributed by atoms with Gasteiger partial charge in [0.25, 0.3) is 5.69 Å². The Balaban J connectivity index is 1.74. The Hall–Kier alpha value is -3.73. The van der Waals surface area contributed by atoms with Crippen LogP contribution in [-0.2, 0) is 4.74 Å². The van der Waals surface area contributed by atoms with Gasteiger partial charge in [-0.15, -0.1) is 0 Å². The lowest BCUT2D eigenvalue weighted by atomic mass is 10.0.